The molecule has 1 N–H and O–H groups in total. The van der Waals surface area contributed by atoms with Crippen LogP contribution < -0.4 is 5.32 Å². The molecule has 0 spiro atoms. The summed E-state index contributed by atoms with van der Waals surface area (Å²) in [4.78, 5) is 14.3. The largest absolute Gasteiger partial charge is 0.385 e. The first-order valence-electron chi connectivity index (χ1n) is 8.03. The van der Waals surface area contributed by atoms with E-state index in [2.05, 4.69) is 10.2 Å². The number of rotatable bonds is 7. The highest BCUT2D eigenvalue weighted by Crippen LogP contribution is 2.23. The Kier molecular flexibility index (Phi) is 7.27. The standard InChI is InChI=1S/C17H24ClFN2O2/c1-23-10-2-7-20-17(22)13-5-8-21(9-6-13)12-14-3-4-15(19)11-16(14)18/h3-4,11,13H,2,5-10,12H2,1H3,(H,20,22). The summed E-state index contributed by atoms with van der Waals surface area (Å²) in [6.07, 6.45) is 2.52. The van der Waals surface area contributed by atoms with Crippen LogP contribution in [0.25, 0.3) is 0 Å². The molecule has 1 aromatic carbocycles. The molecule has 1 heterocycles. The number of ether oxygens (including phenoxy) is 1. The second kappa shape index (κ2) is 9.21. The van der Waals surface area contributed by atoms with Crippen molar-refractivity contribution in [1.29, 1.82) is 0 Å². The first-order chi connectivity index (χ1) is 11.1. The van der Waals surface area contributed by atoms with Crippen LogP contribution in [0.5, 0.6) is 0 Å². The first-order valence-corrected chi connectivity index (χ1v) is 8.41. The van der Waals surface area contributed by atoms with Crippen molar-refractivity contribution in [3.05, 3.63) is 34.6 Å². The van der Waals surface area contributed by atoms with E-state index < -0.39 is 0 Å². The highest BCUT2D eigenvalue weighted by Gasteiger charge is 2.24. The average molecular weight is 343 g/mol. The van der Waals surface area contributed by atoms with E-state index in [-0.39, 0.29) is 17.6 Å². The van der Waals surface area contributed by atoms with Gasteiger partial charge in [-0.15, -0.1) is 0 Å². The number of piperidine rings is 1. The number of carbonyl (C=O) groups excluding carboxylic acids is 1. The highest BCUT2D eigenvalue weighted by molar-refractivity contribution is 6.31. The zero-order valence-electron chi connectivity index (χ0n) is 13.5. The Morgan fingerprint density at radius 1 is 1.43 bits per heavy atom. The smallest absolute Gasteiger partial charge is 0.223 e. The summed E-state index contributed by atoms with van der Waals surface area (Å²) in [6.45, 7) is 3.73. The van der Waals surface area contributed by atoms with Gasteiger partial charge in [0.15, 0.2) is 0 Å². The molecule has 0 radical (unpaired) electrons. The lowest BCUT2D eigenvalue weighted by Gasteiger charge is -2.31. The Bertz CT molecular complexity index is 519. The summed E-state index contributed by atoms with van der Waals surface area (Å²) in [5.74, 6) is -0.0966. The maximum atomic E-state index is 13.1. The topological polar surface area (TPSA) is 41.6 Å². The molecule has 0 bridgehead atoms. The molecule has 1 saturated heterocycles. The van der Waals surface area contributed by atoms with Crippen molar-refractivity contribution in [3.8, 4) is 0 Å². The molecule has 1 fully saturated rings. The van der Waals surface area contributed by atoms with E-state index in [0.29, 0.717) is 24.7 Å². The molecule has 6 heteroatoms. The monoisotopic (exact) mass is 342 g/mol. The number of amides is 1. The second-order valence-electron chi connectivity index (χ2n) is 5.92. The molecule has 4 nitrogen and oxygen atoms in total. The highest BCUT2D eigenvalue weighted by atomic mass is 35.5. The number of benzene rings is 1. The summed E-state index contributed by atoms with van der Waals surface area (Å²) in [6, 6.07) is 4.50. The van der Waals surface area contributed by atoms with Gasteiger partial charge in [-0.1, -0.05) is 17.7 Å². The van der Waals surface area contributed by atoms with Crippen LogP contribution in [0.15, 0.2) is 18.2 Å². The molecule has 1 amide bonds. The quantitative estimate of drug-likeness (QED) is 0.775. The minimum Gasteiger partial charge on any atom is -0.385 e. The molecule has 0 unspecified atom stereocenters. The third kappa shape index (κ3) is 5.75. The van der Waals surface area contributed by atoms with E-state index in [4.69, 9.17) is 16.3 Å². The SMILES string of the molecule is COCCCNC(=O)C1CCN(Cc2ccc(F)cc2Cl)CC1. The molecule has 23 heavy (non-hydrogen) atoms. The lowest BCUT2D eigenvalue weighted by molar-refractivity contribution is -0.126. The fraction of sp³-hybridized carbons (Fsp3) is 0.588. The van der Waals surface area contributed by atoms with E-state index in [0.717, 1.165) is 37.9 Å². The lowest BCUT2D eigenvalue weighted by Crippen LogP contribution is -2.40. The zero-order chi connectivity index (χ0) is 16.7. The Balaban J connectivity index is 1.74. The molecule has 1 aliphatic rings. The van der Waals surface area contributed by atoms with Gasteiger partial charge < -0.3 is 10.1 Å². The van der Waals surface area contributed by atoms with Gasteiger partial charge in [-0.3, -0.25) is 9.69 Å². The number of hydrogen-bond donors (Lipinski definition) is 1. The van der Waals surface area contributed by atoms with Gasteiger partial charge >= 0.3 is 0 Å². The van der Waals surface area contributed by atoms with E-state index in [1.165, 1.54) is 12.1 Å². The van der Waals surface area contributed by atoms with Crippen molar-refractivity contribution in [1.82, 2.24) is 10.2 Å². The van der Waals surface area contributed by atoms with E-state index in [1.54, 1.807) is 13.2 Å². The Labute approximate surface area is 141 Å². The minimum absolute atomic E-state index is 0.0810. The van der Waals surface area contributed by atoms with Gasteiger partial charge in [0.05, 0.1) is 0 Å². The molecule has 1 aromatic rings. The number of nitrogens with zero attached hydrogens (tertiary/aromatic N) is 1. The number of hydrogen-bond acceptors (Lipinski definition) is 3. The third-order valence-electron chi connectivity index (χ3n) is 4.19. The number of halogens is 2. The van der Waals surface area contributed by atoms with Crippen molar-refractivity contribution >= 4 is 17.5 Å². The molecule has 128 valence electrons. The van der Waals surface area contributed by atoms with Crippen molar-refractivity contribution in [2.75, 3.05) is 33.4 Å². The summed E-state index contributed by atoms with van der Waals surface area (Å²) in [7, 11) is 1.66. The van der Waals surface area contributed by atoms with E-state index in [1.807, 2.05) is 0 Å². The molecular weight excluding hydrogens is 319 g/mol. The zero-order valence-corrected chi connectivity index (χ0v) is 14.2. The van der Waals surface area contributed by atoms with Crippen LogP contribution in [0, 0.1) is 11.7 Å². The van der Waals surface area contributed by atoms with Gasteiger partial charge in [-0.2, -0.15) is 0 Å². The third-order valence-corrected chi connectivity index (χ3v) is 4.54. The summed E-state index contributed by atoms with van der Waals surface area (Å²) in [5.41, 5.74) is 0.926. The van der Waals surface area contributed by atoms with Crippen molar-refractivity contribution in [2.24, 2.45) is 5.92 Å². The number of carbonyl (C=O) groups is 1. The van der Waals surface area contributed by atoms with Crippen LogP contribution in [0.2, 0.25) is 5.02 Å². The van der Waals surface area contributed by atoms with Crippen molar-refractivity contribution in [2.45, 2.75) is 25.8 Å². The molecule has 0 aromatic heterocycles. The predicted octanol–water partition coefficient (Wildman–Crippen LogP) is 2.84. The molecule has 0 atom stereocenters. The normalized spacial score (nSPS) is 16.5. The first kappa shape index (κ1) is 18.2. The van der Waals surface area contributed by atoms with Crippen LogP contribution in [-0.2, 0) is 16.1 Å². The van der Waals surface area contributed by atoms with Crippen LogP contribution in [-0.4, -0.2) is 44.2 Å². The fourth-order valence-corrected chi connectivity index (χ4v) is 3.04. The van der Waals surface area contributed by atoms with Crippen LogP contribution in [0.3, 0.4) is 0 Å². The average Bonchev–Trinajstić information content (AvgIpc) is 2.55. The van der Waals surface area contributed by atoms with Crippen LogP contribution in [0.4, 0.5) is 4.39 Å². The Hall–Kier alpha value is -1.17. The van der Waals surface area contributed by atoms with Crippen molar-refractivity contribution < 1.29 is 13.9 Å². The maximum absolute atomic E-state index is 13.1. The van der Waals surface area contributed by atoms with Gasteiger partial charge in [0.1, 0.15) is 5.82 Å². The number of methoxy groups -OCH3 is 1. The minimum atomic E-state index is -0.317. The van der Waals surface area contributed by atoms with Crippen LogP contribution >= 0.6 is 11.6 Å². The van der Waals surface area contributed by atoms with Gasteiger partial charge in [-0.25, -0.2) is 4.39 Å². The molecule has 0 saturated carbocycles. The molecular formula is C17H24ClFN2O2. The summed E-state index contributed by atoms with van der Waals surface area (Å²) in [5, 5.41) is 3.43. The van der Waals surface area contributed by atoms with E-state index >= 15 is 0 Å². The number of likely N-dealkylation sites (tertiary alicyclic amines) is 1. The molecule has 2 rings (SSSR count). The maximum Gasteiger partial charge on any atom is 0.223 e. The van der Waals surface area contributed by atoms with Crippen molar-refractivity contribution in [3.63, 3.8) is 0 Å². The van der Waals surface area contributed by atoms with Gasteiger partial charge in [0.25, 0.3) is 0 Å². The Morgan fingerprint density at radius 3 is 2.83 bits per heavy atom. The Morgan fingerprint density at radius 2 is 2.17 bits per heavy atom. The van der Waals surface area contributed by atoms with Gasteiger partial charge in [-0.05, 0) is 50.0 Å². The number of nitrogens with one attached hydrogen (secondary N) is 1. The summed E-state index contributed by atoms with van der Waals surface area (Å²) < 4.78 is 18.0. The van der Waals surface area contributed by atoms with E-state index in [9.17, 15) is 9.18 Å². The van der Waals surface area contributed by atoms with Gasteiger partial charge in [0, 0.05) is 37.7 Å². The molecule has 1 aliphatic heterocycles. The second-order valence-corrected chi connectivity index (χ2v) is 6.33. The predicted molar refractivity (Wildman–Crippen MR) is 88.9 cm³/mol. The lowest BCUT2D eigenvalue weighted by atomic mass is 9.95. The van der Waals surface area contributed by atoms with Crippen LogP contribution in [0.1, 0.15) is 24.8 Å². The van der Waals surface area contributed by atoms with Gasteiger partial charge in [0.2, 0.25) is 5.91 Å². The molecule has 0 aliphatic carbocycles. The fourth-order valence-electron chi connectivity index (χ4n) is 2.82. The summed E-state index contributed by atoms with van der Waals surface area (Å²) >= 11 is 6.07.